The minimum Gasteiger partial charge on any atom is -0.481 e. The summed E-state index contributed by atoms with van der Waals surface area (Å²) in [6.45, 7) is 12.6. The Balaban J connectivity index is 0.000000317. The van der Waals surface area contributed by atoms with Gasteiger partial charge >= 0.3 is 17.9 Å². The predicted octanol–water partition coefficient (Wildman–Crippen LogP) is 0.437. The summed E-state index contributed by atoms with van der Waals surface area (Å²) in [6.07, 6.45) is -2.29. The number of carboxylic acid groups (broad SMARTS) is 3. The maximum absolute atomic E-state index is 12.7. The molecule has 0 atom stereocenters. The number of hydrogen-bond donors (Lipinski definition) is 4. The van der Waals surface area contributed by atoms with Crippen LogP contribution in [0.2, 0.25) is 0 Å². The molecule has 3 rings (SSSR count). The third-order valence-electron chi connectivity index (χ3n) is 6.33. The van der Waals surface area contributed by atoms with Gasteiger partial charge in [-0.3, -0.25) is 24.2 Å². The molecule has 1 aromatic carbocycles. The number of piperazine rings is 1. The number of morpholine rings is 1. The van der Waals surface area contributed by atoms with E-state index in [1.807, 2.05) is 17.0 Å². The smallest absolute Gasteiger partial charge is 0.336 e. The number of nitrogens with zero attached hydrogens (tertiary/aromatic N) is 3. The predicted molar refractivity (Wildman–Crippen MR) is 132 cm³/mol. The minimum absolute atomic E-state index is 0.163. The molecule has 4 N–H and O–H groups in total. The summed E-state index contributed by atoms with van der Waals surface area (Å²) >= 11 is 0. The average Bonchev–Trinajstić information content (AvgIpc) is 2.84. The van der Waals surface area contributed by atoms with Crippen LogP contribution in [-0.2, 0) is 25.7 Å². The highest BCUT2D eigenvalue weighted by molar-refractivity contribution is 5.94. The number of carbonyl (C=O) groups excluding carboxylic acids is 1. The van der Waals surface area contributed by atoms with Gasteiger partial charge in [-0.1, -0.05) is 12.1 Å². The molecule has 12 heteroatoms. The van der Waals surface area contributed by atoms with Crippen LogP contribution in [0.5, 0.6) is 0 Å². The van der Waals surface area contributed by atoms with Crippen LogP contribution in [0.4, 0.5) is 0 Å². The lowest BCUT2D eigenvalue weighted by molar-refractivity contribution is -0.170. The lowest BCUT2D eigenvalue weighted by atomic mass is 9.96. The van der Waals surface area contributed by atoms with Crippen molar-refractivity contribution in [1.29, 1.82) is 0 Å². The summed E-state index contributed by atoms with van der Waals surface area (Å²) in [7, 11) is 0. The molecule has 0 radical (unpaired) electrons. The fraction of sp³-hybridized carbons (Fsp3) is 0.600. The number of aliphatic hydroxyl groups is 1. The van der Waals surface area contributed by atoms with Gasteiger partial charge in [-0.05, 0) is 31.5 Å². The maximum Gasteiger partial charge on any atom is 0.336 e. The Hall–Kier alpha value is -3.06. The normalized spacial score (nSPS) is 17.1. The number of carbonyl (C=O) groups is 4. The summed E-state index contributed by atoms with van der Waals surface area (Å²) < 4.78 is 5.38. The zero-order valence-corrected chi connectivity index (χ0v) is 21.3. The van der Waals surface area contributed by atoms with Crippen molar-refractivity contribution in [3.63, 3.8) is 0 Å². The largest absolute Gasteiger partial charge is 0.481 e. The third kappa shape index (κ3) is 9.73. The quantitative estimate of drug-likeness (QED) is 0.354. The van der Waals surface area contributed by atoms with Gasteiger partial charge < -0.3 is 30.1 Å². The second-order valence-corrected chi connectivity index (χ2v) is 9.49. The van der Waals surface area contributed by atoms with Gasteiger partial charge in [0.05, 0.1) is 26.1 Å². The van der Waals surface area contributed by atoms with Crippen LogP contribution >= 0.6 is 0 Å². The van der Waals surface area contributed by atoms with Gasteiger partial charge in [-0.2, -0.15) is 0 Å². The van der Waals surface area contributed by atoms with E-state index in [1.165, 1.54) is 5.56 Å². The summed E-state index contributed by atoms with van der Waals surface area (Å²) in [5.41, 5.74) is -0.672. The molecule has 2 heterocycles. The Morgan fingerprint density at radius 2 is 1.38 bits per heavy atom. The first-order valence-electron chi connectivity index (χ1n) is 12.2. The molecule has 37 heavy (non-hydrogen) atoms. The number of aliphatic carboxylic acids is 3. The fourth-order valence-corrected chi connectivity index (χ4v) is 4.11. The molecule has 0 aromatic heterocycles. The molecule has 2 saturated heterocycles. The van der Waals surface area contributed by atoms with Gasteiger partial charge in [0.1, 0.15) is 0 Å². The number of amides is 1. The first-order valence-corrected chi connectivity index (χ1v) is 12.2. The molecule has 2 aliphatic heterocycles. The zero-order valence-electron chi connectivity index (χ0n) is 21.3. The van der Waals surface area contributed by atoms with Crippen molar-refractivity contribution in [3.8, 4) is 0 Å². The van der Waals surface area contributed by atoms with E-state index in [9.17, 15) is 19.2 Å². The Labute approximate surface area is 216 Å². The second kappa shape index (κ2) is 14.0. The van der Waals surface area contributed by atoms with Gasteiger partial charge in [0, 0.05) is 57.4 Å². The Kier molecular flexibility index (Phi) is 11.4. The molecule has 0 spiro atoms. The van der Waals surface area contributed by atoms with Gasteiger partial charge in [-0.25, -0.2) is 4.79 Å². The Morgan fingerprint density at radius 1 is 0.865 bits per heavy atom. The van der Waals surface area contributed by atoms with Crippen molar-refractivity contribution >= 4 is 23.8 Å². The maximum atomic E-state index is 12.7. The van der Waals surface area contributed by atoms with Crippen LogP contribution in [-0.4, -0.2) is 123 Å². The van der Waals surface area contributed by atoms with Crippen LogP contribution in [0.25, 0.3) is 0 Å². The van der Waals surface area contributed by atoms with Crippen molar-refractivity contribution < 1.29 is 44.3 Å². The molecule has 0 aliphatic carbocycles. The van der Waals surface area contributed by atoms with E-state index < -0.39 is 36.4 Å². The van der Waals surface area contributed by atoms with Crippen molar-refractivity contribution in [2.45, 2.75) is 44.9 Å². The molecule has 0 bridgehead atoms. The minimum atomic E-state index is -2.74. The first kappa shape index (κ1) is 30.2. The Bertz CT molecular complexity index is 906. The van der Waals surface area contributed by atoms with Crippen LogP contribution in [0, 0.1) is 0 Å². The summed E-state index contributed by atoms with van der Waals surface area (Å²) in [4.78, 5) is 49.9. The summed E-state index contributed by atoms with van der Waals surface area (Å²) in [6, 6.07) is 8.70. The average molecular weight is 524 g/mol. The first-order chi connectivity index (χ1) is 17.4. The highest BCUT2D eigenvalue weighted by atomic mass is 16.5. The number of rotatable bonds is 9. The zero-order chi connectivity index (χ0) is 27.6. The van der Waals surface area contributed by atoms with Gasteiger partial charge in [0.25, 0.3) is 5.91 Å². The van der Waals surface area contributed by atoms with Crippen LogP contribution < -0.4 is 0 Å². The van der Waals surface area contributed by atoms with E-state index in [0.717, 1.165) is 64.6 Å². The van der Waals surface area contributed by atoms with Crippen LogP contribution in [0.1, 0.15) is 42.6 Å². The molecule has 0 unspecified atom stereocenters. The number of ether oxygens (including phenoxy) is 1. The van der Waals surface area contributed by atoms with Gasteiger partial charge in [-0.15, -0.1) is 0 Å². The molecule has 1 aromatic rings. The summed E-state index contributed by atoms with van der Waals surface area (Å²) in [5.74, 6) is -4.86. The van der Waals surface area contributed by atoms with E-state index in [1.54, 1.807) is 0 Å². The van der Waals surface area contributed by atoms with E-state index >= 15 is 0 Å². The van der Waals surface area contributed by atoms with Crippen molar-refractivity contribution in [1.82, 2.24) is 14.7 Å². The van der Waals surface area contributed by atoms with E-state index in [4.69, 9.17) is 25.2 Å². The van der Waals surface area contributed by atoms with Gasteiger partial charge in [0.2, 0.25) is 0 Å². The highest BCUT2D eigenvalue weighted by Gasteiger charge is 2.40. The lowest BCUT2D eigenvalue weighted by Crippen LogP contribution is -2.50. The van der Waals surface area contributed by atoms with Crippen molar-refractivity contribution in [3.05, 3.63) is 35.4 Å². The molecule has 0 saturated carbocycles. The SMILES string of the molecule is CC(C)N1CCN(C(=O)c2ccc(CN3CCOCC3)cc2)CC1.O=C(O)CC(O)(CC(=O)O)C(=O)O. The van der Waals surface area contributed by atoms with Crippen molar-refractivity contribution in [2.75, 3.05) is 52.5 Å². The van der Waals surface area contributed by atoms with Crippen LogP contribution in [0.3, 0.4) is 0 Å². The molecular formula is C25H37N3O9. The summed E-state index contributed by atoms with van der Waals surface area (Å²) in [5, 5.41) is 33.8. The van der Waals surface area contributed by atoms with Crippen molar-refractivity contribution in [2.24, 2.45) is 0 Å². The van der Waals surface area contributed by atoms with E-state index in [0.29, 0.717) is 6.04 Å². The topological polar surface area (TPSA) is 168 Å². The van der Waals surface area contributed by atoms with Crippen LogP contribution in [0.15, 0.2) is 24.3 Å². The molecule has 2 fully saturated rings. The third-order valence-corrected chi connectivity index (χ3v) is 6.33. The molecular weight excluding hydrogens is 486 g/mol. The lowest BCUT2D eigenvalue weighted by Gasteiger charge is -2.37. The van der Waals surface area contributed by atoms with Gasteiger partial charge in [0.15, 0.2) is 5.60 Å². The second-order valence-electron chi connectivity index (χ2n) is 9.49. The number of carboxylic acids is 3. The standard InChI is InChI=1S/C19H29N3O2.C6H8O7/c1-16(2)21-7-9-22(10-8-21)19(23)18-5-3-17(4-6-18)15-20-11-13-24-14-12-20;7-3(8)1-6(13,5(11)12)2-4(9)10/h3-6,16H,7-15H2,1-2H3;13H,1-2H2,(H,7,8)(H,9,10)(H,11,12). The fourth-order valence-electron chi connectivity index (χ4n) is 4.11. The van der Waals surface area contributed by atoms with E-state index in [-0.39, 0.29) is 5.91 Å². The molecule has 206 valence electrons. The highest BCUT2D eigenvalue weighted by Crippen LogP contribution is 2.16. The number of benzene rings is 1. The molecule has 1 amide bonds. The molecule has 2 aliphatic rings. The monoisotopic (exact) mass is 523 g/mol. The Morgan fingerprint density at radius 3 is 1.81 bits per heavy atom. The number of hydrogen-bond acceptors (Lipinski definition) is 8. The molecule has 12 nitrogen and oxygen atoms in total. The van der Waals surface area contributed by atoms with E-state index in [2.05, 4.69) is 35.8 Å².